The number of likely N-dealkylation sites (N-methyl/N-ethyl adjacent to an activating group) is 1. The molecule has 0 aromatic heterocycles. The van der Waals surface area contributed by atoms with Crippen molar-refractivity contribution in [3.8, 4) is 0 Å². The molecular weight excluding hydrogens is 818 g/mol. The second-order valence-corrected chi connectivity index (χ2v) is 20.6. The van der Waals surface area contributed by atoms with Gasteiger partial charge in [-0.1, -0.05) is 204 Å². The predicted octanol–water partition coefficient (Wildman–Crippen LogP) is 16.0. The highest BCUT2D eigenvalue weighted by Crippen LogP contribution is 2.38. The summed E-state index contributed by atoms with van der Waals surface area (Å²) in [4.78, 5) is 25.2. The van der Waals surface area contributed by atoms with Crippen molar-refractivity contribution in [2.24, 2.45) is 0 Å². The molecule has 0 aromatic rings. The Balaban J connectivity index is 4.12. The van der Waals surface area contributed by atoms with Gasteiger partial charge in [0.25, 0.3) is 7.82 Å². The van der Waals surface area contributed by atoms with Crippen molar-refractivity contribution >= 4 is 13.8 Å². The Labute approximate surface area is 397 Å². The van der Waals surface area contributed by atoms with E-state index in [4.69, 9.17) is 18.5 Å². The molecule has 8 nitrogen and oxygen atoms in total. The van der Waals surface area contributed by atoms with Gasteiger partial charge in [0.2, 0.25) is 0 Å². The molecule has 9 heteroatoms. The zero-order valence-electron chi connectivity index (χ0n) is 42.7. The highest BCUT2D eigenvalue weighted by Gasteiger charge is 2.20. The molecule has 0 saturated heterocycles. The summed E-state index contributed by atoms with van der Waals surface area (Å²) in [5.74, 6) is -0.339. The minimum Gasteiger partial charge on any atom is -0.756 e. The molecule has 0 N–H and O–H groups in total. The first-order valence-electron chi connectivity index (χ1n) is 26.9. The van der Waals surface area contributed by atoms with Gasteiger partial charge in [0.1, 0.15) is 19.3 Å². The smallest absolute Gasteiger partial charge is 0.306 e. The molecule has 0 aliphatic heterocycles. The summed E-state index contributed by atoms with van der Waals surface area (Å²) in [5, 5.41) is 0. The van der Waals surface area contributed by atoms with Gasteiger partial charge in [0.15, 0.2) is 0 Å². The number of quaternary nitrogens is 1. The average Bonchev–Trinajstić information content (AvgIpc) is 3.25. The van der Waals surface area contributed by atoms with Gasteiger partial charge in [0, 0.05) is 13.0 Å². The number of esters is 1. The SMILES string of the molecule is CCCCCCC/C=C\C/C=C\C/C=C\CCCCCCCCCCCCC(=O)OC(COCCCCCCCC/C=C\CCCCCCCCC)COP(=O)([O-])OCC[N+](C)(C)C. The summed E-state index contributed by atoms with van der Waals surface area (Å²) in [7, 11) is 1.35. The van der Waals surface area contributed by atoms with Crippen LogP contribution in [-0.2, 0) is 27.9 Å². The lowest BCUT2D eigenvalue weighted by molar-refractivity contribution is -0.870. The van der Waals surface area contributed by atoms with E-state index in [1.54, 1.807) is 0 Å². The molecule has 0 heterocycles. The fourth-order valence-corrected chi connectivity index (χ4v) is 8.16. The lowest BCUT2D eigenvalue weighted by Crippen LogP contribution is -2.37. The number of nitrogens with zero attached hydrogens (tertiary/aromatic N) is 1. The van der Waals surface area contributed by atoms with Crippen LogP contribution in [0.15, 0.2) is 48.6 Å². The molecule has 0 rings (SSSR count). The number of hydrogen-bond donors (Lipinski definition) is 0. The summed E-state index contributed by atoms with van der Waals surface area (Å²) >= 11 is 0. The minimum absolute atomic E-state index is 0.0234. The van der Waals surface area contributed by atoms with E-state index in [2.05, 4.69) is 62.5 Å². The van der Waals surface area contributed by atoms with Crippen molar-refractivity contribution < 1.29 is 37.3 Å². The van der Waals surface area contributed by atoms with Crippen molar-refractivity contribution in [3.63, 3.8) is 0 Å². The highest BCUT2D eigenvalue weighted by atomic mass is 31.2. The number of phosphoric ester groups is 1. The van der Waals surface area contributed by atoms with E-state index in [1.165, 1.54) is 173 Å². The lowest BCUT2D eigenvalue weighted by atomic mass is 10.0. The number of rotatable bonds is 50. The van der Waals surface area contributed by atoms with Gasteiger partial charge in [-0.2, -0.15) is 0 Å². The van der Waals surface area contributed by atoms with Crippen LogP contribution in [0.3, 0.4) is 0 Å². The zero-order chi connectivity index (χ0) is 46.9. The summed E-state index contributed by atoms with van der Waals surface area (Å²) < 4.78 is 34.8. The Morgan fingerprint density at radius 3 is 1.30 bits per heavy atom. The van der Waals surface area contributed by atoms with Crippen molar-refractivity contribution in [3.05, 3.63) is 48.6 Å². The summed E-state index contributed by atoms with van der Waals surface area (Å²) in [6, 6.07) is 0. The predicted molar refractivity (Wildman–Crippen MR) is 273 cm³/mol. The average molecular weight is 922 g/mol. The number of hydrogen-bond acceptors (Lipinski definition) is 7. The Hall–Kier alpha value is -1.54. The molecule has 0 aliphatic rings. The number of allylic oxidation sites excluding steroid dienone is 8. The zero-order valence-corrected chi connectivity index (χ0v) is 43.6. The second kappa shape index (κ2) is 47.9. The molecule has 0 amide bonds. The van der Waals surface area contributed by atoms with Crippen LogP contribution in [0.25, 0.3) is 0 Å². The third kappa shape index (κ3) is 51.4. The first kappa shape index (κ1) is 62.5. The van der Waals surface area contributed by atoms with Gasteiger partial charge < -0.3 is 27.9 Å². The van der Waals surface area contributed by atoms with E-state index in [1.807, 2.05) is 21.1 Å². The van der Waals surface area contributed by atoms with E-state index in [0.29, 0.717) is 24.1 Å². The molecule has 0 aromatic carbocycles. The lowest BCUT2D eigenvalue weighted by Gasteiger charge is -2.28. The van der Waals surface area contributed by atoms with Crippen molar-refractivity contribution in [2.45, 2.75) is 245 Å². The standard InChI is InChI=1S/C55H104NO7P/c1-6-8-10-12-14-16-18-20-22-24-25-26-27-28-29-30-31-32-34-36-38-40-42-44-46-48-55(57)63-54(53-62-64(58,59)61-51-49-56(3,4)5)52-60-50-47-45-43-41-39-37-35-33-23-21-19-17-15-13-11-9-7-2/h18,20,23-25,27-28,33,54H,6-17,19,21-22,26,29-32,34-53H2,1-5H3/b20-18-,25-24-,28-27-,33-23-. The maximum atomic E-state index is 12.8. The first-order chi connectivity index (χ1) is 31.1. The van der Waals surface area contributed by atoms with Crippen LogP contribution in [0.4, 0.5) is 0 Å². The monoisotopic (exact) mass is 922 g/mol. The van der Waals surface area contributed by atoms with Gasteiger partial charge >= 0.3 is 5.97 Å². The molecule has 0 bridgehead atoms. The molecular formula is C55H104NO7P. The van der Waals surface area contributed by atoms with Crippen LogP contribution in [0, 0.1) is 0 Å². The second-order valence-electron chi connectivity index (χ2n) is 19.2. The Kier molecular flexibility index (Phi) is 46.8. The number of phosphoric acid groups is 1. The fraction of sp³-hybridized carbons (Fsp3) is 0.836. The molecule has 64 heavy (non-hydrogen) atoms. The maximum Gasteiger partial charge on any atom is 0.306 e. The normalized spacial score (nSPS) is 13.9. The summed E-state index contributed by atoms with van der Waals surface area (Å²) in [6.07, 6.45) is 59.9. The molecule has 0 fully saturated rings. The van der Waals surface area contributed by atoms with Crippen LogP contribution in [0.2, 0.25) is 0 Å². The quantitative estimate of drug-likeness (QED) is 0.0197. The van der Waals surface area contributed by atoms with Crippen molar-refractivity contribution in [1.82, 2.24) is 0 Å². The van der Waals surface area contributed by atoms with Gasteiger partial charge in [0.05, 0.1) is 34.4 Å². The number of ether oxygens (including phenoxy) is 2. The van der Waals surface area contributed by atoms with Crippen LogP contribution in [-0.4, -0.2) is 70.7 Å². The first-order valence-corrected chi connectivity index (χ1v) is 28.3. The summed E-state index contributed by atoms with van der Waals surface area (Å²) in [6.45, 7) is 5.41. The third-order valence-electron chi connectivity index (χ3n) is 11.6. The van der Waals surface area contributed by atoms with Crippen LogP contribution in [0.5, 0.6) is 0 Å². The topological polar surface area (TPSA) is 94.1 Å². The van der Waals surface area contributed by atoms with E-state index in [-0.39, 0.29) is 25.8 Å². The molecule has 0 spiro atoms. The Bertz CT molecular complexity index is 1160. The molecule has 0 aliphatic carbocycles. The fourth-order valence-electron chi connectivity index (χ4n) is 7.43. The van der Waals surface area contributed by atoms with Crippen LogP contribution >= 0.6 is 7.82 Å². The van der Waals surface area contributed by atoms with Gasteiger partial charge in [-0.05, 0) is 77.0 Å². The van der Waals surface area contributed by atoms with Gasteiger partial charge in [-0.15, -0.1) is 0 Å². The van der Waals surface area contributed by atoms with E-state index < -0.39 is 13.9 Å². The highest BCUT2D eigenvalue weighted by molar-refractivity contribution is 7.45. The molecule has 0 radical (unpaired) electrons. The minimum atomic E-state index is -4.53. The van der Waals surface area contributed by atoms with Gasteiger partial charge in [-0.3, -0.25) is 9.36 Å². The van der Waals surface area contributed by atoms with Crippen LogP contribution < -0.4 is 4.89 Å². The third-order valence-corrected chi connectivity index (χ3v) is 12.6. The molecule has 2 unspecified atom stereocenters. The number of carbonyl (C=O) groups is 1. The maximum absolute atomic E-state index is 12.8. The Morgan fingerprint density at radius 2 is 0.859 bits per heavy atom. The number of carbonyl (C=O) groups excluding carboxylic acids is 1. The van der Waals surface area contributed by atoms with E-state index in [0.717, 1.165) is 44.9 Å². The molecule has 2 atom stereocenters. The molecule has 0 saturated carbocycles. The van der Waals surface area contributed by atoms with Gasteiger partial charge in [-0.25, -0.2) is 0 Å². The Morgan fingerprint density at radius 1 is 0.484 bits per heavy atom. The largest absolute Gasteiger partial charge is 0.756 e. The van der Waals surface area contributed by atoms with Crippen molar-refractivity contribution in [1.29, 1.82) is 0 Å². The molecule has 376 valence electrons. The number of unbranched alkanes of at least 4 members (excludes halogenated alkanes) is 28. The summed E-state index contributed by atoms with van der Waals surface area (Å²) in [5.41, 5.74) is 0. The van der Waals surface area contributed by atoms with Crippen LogP contribution in [0.1, 0.15) is 239 Å². The van der Waals surface area contributed by atoms with Crippen molar-refractivity contribution in [2.75, 3.05) is 54.1 Å². The van der Waals surface area contributed by atoms with E-state index in [9.17, 15) is 14.3 Å². The van der Waals surface area contributed by atoms with E-state index >= 15 is 0 Å².